The van der Waals surface area contributed by atoms with Crippen molar-refractivity contribution in [2.75, 3.05) is 13.2 Å². The Kier molecular flexibility index (Phi) is 10.4. The van der Waals surface area contributed by atoms with Gasteiger partial charge in [0, 0.05) is 6.61 Å². The van der Waals surface area contributed by atoms with Gasteiger partial charge >= 0.3 is 0 Å². The molecule has 0 saturated heterocycles. The van der Waals surface area contributed by atoms with Gasteiger partial charge in [0.05, 0.1) is 6.61 Å². The first kappa shape index (κ1) is 16.9. The molecule has 1 heteroatoms. The fourth-order valence-electron chi connectivity index (χ4n) is 1.41. The lowest BCUT2D eigenvalue weighted by Crippen LogP contribution is -1.89. The average molecular weight is 248 g/mol. The van der Waals surface area contributed by atoms with E-state index in [1.54, 1.807) is 0 Å². The lowest BCUT2D eigenvalue weighted by molar-refractivity contribution is 0.177. The molecule has 0 fully saturated rings. The monoisotopic (exact) mass is 248 g/mol. The van der Waals surface area contributed by atoms with Gasteiger partial charge in [0.1, 0.15) is 0 Å². The molecule has 0 aliphatic rings. The Balaban J connectivity index is 4.03. The zero-order chi connectivity index (χ0) is 13.8. The Morgan fingerprint density at radius 2 is 1.78 bits per heavy atom. The lowest BCUT2D eigenvalue weighted by atomic mass is 10.1. The SMILES string of the molecule is CCOCC=C(C)C=CC=C(C)CCC=C(C)C. The minimum Gasteiger partial charge on any atom is -0.378 e. The third-order valence-electron chi connectivity index (χ3n) is 2.56. The van der Waals surface area contributed by atoms with E-state index in [2.05, 4.69) is 58.1 Å². The quantitative estimate of drug-likeness (QED) is 0.325. The van der Waals surface area contributed by atoms with Crippen molar-refractivity contribution in [1.29, 1.82) is 0 Å². The van der Waals surface area contributed by atoms with Crippen molar-refractivity contribution in [2.45, 2.75) is 47.5 Å². The van der Waals surface area contributed by atoms with Crippen LogP contribution in [0.2, 0.25) is 0 Å². The van der Waals surface area contributed by atoms with Crippen LogP contribution in [0.4, 0.5) is 0 Å². The number of hydrogen-bond acceptors (Lipinski definition) is 1. The van der Waals surface area contributed by atoms with Gasteiger partial charge in [-0.15, -0.1) is 0 Å². The molecular formula is C17H28O. The predicted molar refractivity (Wildman–Crippen MR) is 81.8 cm³/mol. The van der Waals surface area contributed by atoms with Gasteiger partial charge in [-0.2, -0.15) is 0 Å². The van der Waals surface area contributed by atoms with Gasteiger partial charge in [-0.3, -0.25) is 0 Å². The highest BCUT2D eigenvalue weighted by Crippen LogP contribution is 2.07. The molecule has 18 heavy (non-hydrogen) atoms. The molecule has 0 saturated carbocycles. The highest BCUT2D eigenvalue weighted by molar-refractivity contribution is 5.22. The van der Waals surface area contributed by atoms with Crippen LogP contribution >= 0.6 is 0 Å². The fraction of sp³-hybridized carbons (Fsp3) is 0.529. The van der Waals surface area contributed by atoms with Crippen LogP contribution in [0.5, 0.6) is 0 Å². The summed E-state index contributed by atoms with van der Waals surface area (Å²) >= 11 is 0. The van der Waals surface area contributed by atoms with Crippen molar-refractivity contribution in [3.8, 4) is 0 Å². The molecule has 0 atom stereocenters. The van der Waals surface area contributed by atoms with E-state index in [9.17, 15) is 0 Å². The third-order valence-corrected chi connectivity index (χ3v) is 2.56. The second-order valence-electron chi connectivity index (χ2n) is 4.80. The molecule has 0 aromatic carbocycles. The number of allylic oxidation sites excluding steroid dienone is 7. The summed E-state index contributed by atoms with van der Waals surface area (Å²) in [6.07, 6.45) is 13.1. The molecule has 0 N–H and O–H groups in total. The van der Waals surface area contributed by atoms with Gasteiger partial charge in [-0.25, -0.2) is 0 Å². The Labute approximate surface area is 113 Å². The molecule has 1 nitrogen and oxygen atoms in total. The summed E-state index contributed by atoms with van der Waals surface area (Å²) in [5.41, 5.74) is 4.06. The van der Waals surface area contributed by atoms with E-state index in [1.807, 2.05) is 6.92 Å². The van der Waals surface area contributed by atoms with Crippen molar-refractivity contribution < 1.29 is 4.74 Å². The van der Waals surface area contributed by atoms with Crippen molar-refractivity contribution in [1.82, 2.24) is 0 Å². The number of ether oxygens (including phenoxy) is 1. The topological polar surface area (TPSA) is 9.23 Å². The van der Waals surface area contributed by atoms with Crippen LogP contribution in [-0.4, -0.2) is 13.2 Å². The molecular weight excluding hydrogens is 220 g/mol. The maximum atomic E-state index is 5.27. The maximum absolute atomic E-state index is 5.27. The molecule has 102 valence electrons. The normalized spacial score (nSPS) is 13.2. The van der Waals surface area contributed by atoms with Crippen LogP contribution < -0.4 is 0 Å². The molecule has 0 amide bonds. The largest absolute Gasteiger partial charge is 0.378 e. The Bertz CT molecular complexity index is 326. The fourth-order valence-corrected chi connectivity index (χ4v) is 1.41. The van der Waals surface area contributed by atoms with Crippen LogP contribution in [0.25, 0.3) is 0 Å². The third kappa shape index (κ3) is 11.4. The molecule has 0 aliphatic carbocycles. The molecule has 0 rings (SSSR count). The summed E-state index contributed by atoms with van der Waals surface area (Å²) < 4.78 is 5.27. The molecule has 0 unspecified atom stereocenters. The maximum Gasteiger partial charge on any atom is 0.0652 e. The molecule has 0 heterocycles. The van der Waals surface area contributed by atoms with E-state index in [1.165, 1.54) is 16.7 Å². The van der Waals surface area contributed by atoms with E-state index in [0.717, 1.165) is 19.4 Å². The van der Waals surface area contributed by atoms with E-state index in [0.29, 0.717) is 6.61 Å². The van der Waals surface area contributed by atoms with Crippen LogP contribution in [0.15, 0.2) is 47.1 Å². The Morgan fingerprint density at radius 3 is 2.39 bits per heavy atom. The first-order valence-corrected chi connectivity index (χ1v) is 6.78. The van der Waals surface area contributed by atoms with E-state index >= 15 is 0 Å². The van der Waals surface area contributed by atoms with Gasteiger partial charge in [-0.1, -0.05) is 47.1 Å². The molecule has 0 aliphatic heterocycles. The summed E-state index contributed by atoms with van der Waals surface area (Å²) in [6.45, 7) is 12.1. The Hall–Kier alpha value is -1.08. The smallest absolute Gasteiger partial charge is 0.0652 e. The van der Waals surface area contributed by atoms with Crippen molar-refractivity contribution >= 4 is 0 Å². The van der Waals surface area contributed by atoms with Gasteiger partial charge in [0.2, 0.25) is 0 Å². The van der Waals surface area contributed by atoms with Crippen LogP contribution in [0.1, 0.15) is 47.5 Å². The van der Waals surface area contributed by atoms with Crippen LogP contribution in [0.3, 0.4) is 0 Å². The number of hydrogen-bond donors (Lipinski definition) is 0. The second kappa shape index (κ2) is 11.0. The Morgan fingerprint density at radius 1 is 1.06 bits per heavy atom. The standard InChI is InChI=1S/C17H28O/c1-6-18-14-13-17(5)12-8-11-16(4)10-7-9-15(2)3/h8-9,11-13H,6-7,10,14H2,1-5H3. The lowest BCUT2D eigenvalue weighted by Gasteiger charge is -1.97. The molecule has 0 spiro atoms. The van der Waals surface area contributed by atoms with Gasteiger partial charge < -0.3 is 4.74 Å². The second-order valence-corrected chi connectivity index (χ2v) is 4.80. The van der Waals surface area contributed by atoms with Gasteiger partial charge in [-0.05, 0) is 47.5 Å². The highest BCUT2D eigenvalue weighted by atomic mass is 16.5. The number of rotatable bonds is 8. The van der Waals surface area contributed by atoms with E-state index in [-0.39, 0.29) is 0 Å². The van der Waals surface area contributed by atoms with Crippen molar-refractivity contribution in [3.05, 3.63) is 47.1 Å². The van der Waals surface area contributed by atoms with E-state index in [4.69, 9.17) is 4.74 Å². The van der Waals surface area contributed by atoms with Crippen LogP contribution in [-0.2, 0) is 4.74 Å². The summed E-state index contributed by atoms with van der Waals surface area (Å²) in [4.78, 5) is 0. The molecule has 0 aromatic rings. The highest BCUT2D eigenvalue weighted by Gasteiger charge is 1.87. The summed E-state index contributed by atoms with van der Waals surface area (Å²) in [5, 5.41) is 0. The van der Waals surface area contributed by atoms with Crippen molar-refractivity contribution in [2.24, 2.45) is 0 Å². The summed E-state index contributed by atoms with van der Waals surface area (Å²) in [6, 6.07) is 0. The zero-order valence-electron chi connectivity index (χ0n) is 12.6. The average Bonchev–Trinajstić information content (AvgIpc) is 2.29. The summed E-state index contributed by atoms with van der Waals surface area (Å²) in [7, 11) is 0. The first-order chi connectivity index (χ1) is 8.56. The minimum atomic E-state index is 0.704. The zero-order valence-corrected chi connectivity index (χ0v) is 12.6. The van der Waals surface area contributed by atoms with Gasteiger partial charge in [0.15, 0.2) is 0 Å². The van der Waals surface area contributed by atoms with Crippen LogP contribution in [0, 0.1) is 0 Å². The molecule has 0 bridgehead atoms. The molecule has 0 radical (unpaired) electrons. The molecule has 0 aromatic heterocycles. The summed E-state index contributed by atoms with van der Waals surface area (Å²) in [5.74, 6) is 0. The first-order valence-electron chi connectivity index (χ1n) is 6.78. The minimum absolute atomic E-state index is 0.704. The van der Waals surface area contributed by atoms with E-state index < -0.39 is 0 Å². The predicted octanol–water partition coefficient (Wildman–Crippen LogP) is 5.22. The van der Waals surface area contributed by atoms with Crippen molar-refractivity contribution in [3.63, 3.8) is 0 Å². The van der Waals surface area contributed by atoms with Gasteiger partial charge in [0.25, 0.3) is 0 Å².